The molecular formula is C39H36O6. The van der Waals surface area contributed by atoms with Gasteiger partial charge >= 0.3 is 5.97 Å². The lowest BCUT2D eigenvalue weighted by Crippen LogP contribution is -2.13. The number of aromatic hydroxyl groups is 3. The number of hydrogen-bond donors (Lipinski definition) is 4. The molecule has 0 aliphatic heterocycles. The standard InChI is InChI=1S/C39H36O6/c1-22-9-27-17-29-11-23(2)13-31(37(29)43)19-33-15-26(25-7-5-4-6-8-25)16-34(39(33)45-21-35(40)41)20-32-14-24(3)12-30(38(32)44)18-28(10-22)36(27)42/h4-16,42-44H,17-21H2,1-3H3,(H,40,41). The van der Waals surface area contributed by atoms with Crippen molar-refractivity contribution in [3.8, 4) is 34.1 Å². The molecule has 0 heterocycles. The number of carboxylic acids is 1. The molecule has 1 aliphatic carbocycles. The minimum Gasteiger partial charge on any atom is -0.507 e. The van der Waals surface area contributed by atoms with Gasteiger partial charge in [0.1, 0.15) is 23.0 Å². The molecule has 228 valence electrons. The lowest BCUT2D eigenvalue weighted by atomic mass is 9.88. The van der Waals surface area contributed by atoms with Crippen LogP contribution in [0.3, 0.4) is 0 Å². The summed E-state index contributed by atoms with van der Waals surface area (Å²) >= 11 is 0. The van der Waals surface area contributed by atoms with Gasteiger partial charge in [0.2, 0.25) is 0 Å². The number of carbonyl (C=O) groups is 1. The summed E-state index contributed by atoms with van der Waals surface area (Å²) in [5.41, 5.74) is 10.3. The zero-order valence-corrected chi connectivity index (χ0v) is 25.6. The van der Waals surface area contributed by atoms with Gasteiger partial charge in [-0.2, -0.15) is 0 Å². The summed E-state index contributed by atoms with van der Waals surface area (Å²) in [6.07, 6.45) is 1.17. The number of aliphatic carboxylic acids is 1. The van der Waals surface area contributed by atoms with E-state index >= 15 is 0 Å². The van der Waals surface area contributed by atoms with E-state index in [1.165, 1.54) is 0 Å². The van der Waals surface area contributed by atoms with Crippen molar-refractivity contribution < 1.29 is 30.0 Å². The lowest BCUT2D eigenvalue weighted by Gasteiger charge is -2.21. The van der Waals surface area contributed by atoms with Crippen molar-refractivity contribution in [1.29, 1.82) is 0 Å². The third-order valence-corrected chi connectivity index (χ3v) is 8.45. The van der Waals surface area contributed by atoms with Crippen LogP contribution in [-0.2, 0) is 30.5 Å². The van der Waals surface area contributed by atoms with Gasteiger partial charge in [-0.05, 0) is 88.5 Å². The highest BCUT2D eigenvalue weighted by Crippen LogP contribution is 2.40. The minimum atomic E-state index is -1.10. The molecule has 8 bridgehead atoms. The van der Waals surface area contributed by atoms with E-state index in [0.29, 0.717) is 52.0 Å². The number of phenols is 3. The van der Waals surface area contributed by atoms with Crippen LogP contribution in [0, 0.1) is 20.8 Å². The average Bonchev–Trinajstić information content (AvgIpc) is 2.99. The predicted octanol–water partition coefficient (Wildman–Crippen LogP) is 7.54. The van der Waals surface area contributed by atoms with Gasteiger partial charge in [0.15, 0.2) is 6.61 Å². The molecule has 0 saturated carbocycles. The first kappa shape index (κ1) is 29.8. The maximum absolute atomic E-state index is 11.7. The van der Waals surface area contributed by atoms with Crippen LogP contribution in [0.25, 0.3) is 11.1 Å². The Morgan fingerprint density at radius 3 is 1.27 bits per heavy atom. The first-order valence-corrected chi connectivity index (χ1v) is 15.1. The summed E-state index contributed by atoms with van der Waals surface area (Å²) in [6, 6.07) is 25.4. The molecule has 1 aliphatic rings. The van der Waals surface area contributed by atoms with Crippen molar-refractivity contribution in [3.05, 3.63) is 140 Å². The number of phenolic OH excluding ortho intramolecular Hbond substituents is 3. The Bertz CT molecular complexity index is 1830. The highest BCUT2D eigenvalue weighted by molar-refractivity contribution is 5.71. The average molecular weight is 601 g/mol. The van der Waals surface area contributed by atoms with Gasteiger partial charge in [-0.3, -0.25) is 0 Å². The number of ether oxygens (including phenoxy) is 1. The molecular weight excluding hydrogens is 564 g/mol. The fraction of sp³-hybridized carbons (Fsp3) is 0.205. The van der Waals surface area contributed by atoms with Crippen molar-refractivity contribution in [3.63, 3.8) is 0 Å². The third-order valence-electron chi connectivity index (χ3n) is 8.45. The molecule has 0 saturated heterocycles. The zero-order valence-electron chi connectivity index (χ0n) is 25.6. The first-order valence-electron chi connectivity index (χ1n) is 15.1. The second-order valence-corrected chi connectivity index (χ2v) is 12.2. The van der Waals surface area contributed by atoms with E-state index in [1.54, 1.807) is 0 Å². The van der Waals surface area contributed by atoms with Gasteiger partial charge in [-0.25, -0.2) is 4.79 Å². The lowest BCUT2D eigenvalue weighted by molar-refractivity contribution is -0.139. The first-order chi connectivity index (χ1) is 21.5. The molecule has 6 rings (SSSR count). The Morgan fingerprint density at radius 2 is 0.911 bits per heavy atom. The molecule has 0 aromatic heterocycles. The molecule has 0 radical (unpaired) electrons. The zero-order chi connectivity index (χ0) is 31.8. The van der Waals surface area contributed by atoms with E-state index in [2.05, 4.69) is 0 Å². The smallest absolute Gasteiger partial charge is 0.341 e. The van der Waals surface area contributed by atoms with Crippen LogP contribution in [0.5, 0.6) is 23.0 Å². The fourth-order valence-electron chi connectivity index (χ4n) is 6.57. The van der Waals surface area contributed by atoms with E-state index in [9.17, 15) is 25.2 Å². The second-order valence-electron chi connectivity index (χ2n) is 12.2. The predicted molar refractivity (Wildman–Crippen MR) is 175 cm³/mol. The molecule has 6 heteroatoms. The van der Waals surface area contributed by atoms with Crippen LogP contribution in [0.15, 0.2) is 78.9 Å². The summed E-state index contributed by atoms with van der Waals surface area (Å²) in [6.45, 7) is 5.38. The number of benzene rings is 5. The molecule has 45 heavy (non-hydrogen) atoms. The second kappa shape index (κ2) is 12.0. The van der Waals surface area contributed by atoms with Crippen LogP contribution < -0.4 is 4.74 Å². The summed E-state index contributed by atoms with van der Waals surface area (Å²) in [7, 11) is 0. The van der Waals surface area contributed by atoms with Crippen LogP contribution in [0.1, 0.15) is 61.2 Å². The maximum Gasteiger partial charge on any atom is 0.341 e. The van der Waals surface area contributed by atoms with Gasteiger partial charge in [0.05, 0.1) is 0 Å². The Labute approximate surface area is 262 Å². The van der Waals surface area contributed by atoms with Crippen LogP contribution in [0.2, 0.25) is 0 Å². The molecule has 0 fully saturated rings. The SMILES string of the molecule is Cc1cc2c(O)c(c1)Cc1cc(C)cc(c1O)Cc1cc(-c3ccccc3)cc(c1OCC(=O)O)Cc1cc(C)cc(c1O)C2. The van der Waals surface area contributed by atoms with Gasteiger partial charge < -0.3 is 25.2 Å². The molecule has 5 aromatic rings. The number of carboxylic acid groups (broad SMARTS) is 1. The summed E-state index contributed by atoms with van der Waals surface area (Å²) in [4.78, 5) is 11.7. The normalized spacial score (nSPS) is 12.5. The monoisotopic (exact) mass is 600 g/mol. The van der Waals surface area contributed by atoms with E-state index < -0.39 is 12.6 Å². The topological polar surface area (TPSA) is 107 Å². The van der Waals surface area contributed by atoms with E-state index in [4.69, 9.17) is 4.74 Å². The summed E-state index contributed by atoms with van der Waals surface area (Å²) in [5.74, 6) is -0.264. The molecule has 5 aromatic carbocycles. The molecule has 6 nitrogen and oxygen atoms in total. The number of fused-ring (bicyclic) bond motifs is 8. The number of aryl methyl sites for hydroxylation is 3. The van der Waals surface area contributed by atoms with Crippen molar-refractivity contribution in [2.24, 2.45) is 0 Å². The third kappa shape index (κ3) is 6.22. The number of hydrogen-bond acceptors (Lipinski definition) is 5. The molecule has 0 spiro atoms. The van der Waals surface area contributed by atoms with Crippen LogP contribution in [-0.4, -0.2) is 33.0 Å². The van der Waals surface area contributed by atoms with E-state index in [-0.39, 0.29) is 30.1 Å². The number of rotatable bonds is 4. The Balaban J connectivity index is 1.65. The molecule has 0 atom stereocenters. The van der Waals surface area contributed by atoms with Crippen molar-refractivity contribution in [1.82, 2.24) is 0 Å². The largest absolute Gasteiger partial charge is 0.507 e. The molecule has 4 N–H and O–H groups in total. The van der Waals surface area contributed by atoms with Crippen LogP contribution >= 0.6 is 0 Å². The van der Waals surface area contributed by atoms with E-state index in [0.717, 1.165) is 38.9 Å². The molecule has 0 unspecified atom stereocenters. The van der Waals surface area contributed by atoms with Gasteiger partial charge in [0, 0.05) is 25.7 Å². The van der Waals surface area contributed by atoms with Crippen LogP contribution in [0.4, 0.5) is 0 Å². The highest BCUT2D eigenvalue weighted by Gasteiger charge is 2.22. The molecule has 0 amide bonds. The Morgan fingerprint density at radius 1 is 0.556 bits per heavy atom. The van der Waals surface area contributed by atoms with Crippen molar-refractivity contribution >= 4 is 5.97 Å². The quantitative estimate of drug-likeness (QED) is 0.167. The van der Waals surface area contributed by atoms with E-state index in [1.807, 2.05) is 99.6 Å². The van der Waals surface area contributed by atoms with Crippen molar-refractivity contribution in [2.45, 2.75) is 46.5 Å². The van der Waals surface area contributed by atoms with Gasteiger partial charge in [-0.15, -0.1) is 0 Å². The fourth-order valence-corrected chi connectivity index (χ4v) is 6.57. The maximum atomic E-state index is 11.7. The van der Waals surface area contributed by atoms with Gasteiger partial charge in [-0.1, -0.05) is 83.4 Å². The Hall–Kier alpha value is -5.23. The summed E-state index contributed by atoms with van der Waals surface area (Å²) < 4.78 is 6.02. The van der Waals surface area contributed by atoms with Crippen molar-refractivity contribution in [2.75, 3.05) is 6.61 Å². The van der Waals surface area contributed by atoms with Gasteiger partial charge in [0.25, 0.3) is 0 Å². The highest BCUT2D eigenvalue weighted by atomic mass is 16.5. The summed E-state index contributed by atoms with van der Waals surface area (Å²) in [5, 5.41) is 44.2. The minimum absolute atomic E-state index is 0.129. The Kier molecular flexibility index (Phi) is 7.98.